The van der Waals surface area contributed by atoms with E-state index in [2.05, 4.69) is 48.3 Å². The summed E-state index contributed by atoms with van der Waals surface area (Å²) >= 11 is 0. The smallest absolute Gasteiger partial charge is 0.256 e. The van der Waals surface area contributed by atoms with Crippen LogP contribution in [0.25, 0.3) is 0 Å². The van der Waals surface area contributed by atoms with Crippen molar-refractivity contribution in [2.75, 3.05) is 32.6 Å². The van der Waals surface area contributed by atoms with E-state index in [9.17, 15) is 5.11 Å². The van der Waals surface area contributed by atoms with Gasteiger partial charge in [0.15, 0.2) is 0 Å². The Balaban J connectivity index is 1.98. The van der Waals surface area contributed by atoms with E-state index < -0.39 is 6.41 Å². The van der Waals surface area contributed by atoms with Gasteiger partial charge in [0.25, 0.3) is 6.41 Å². The van der Waals surface area contributed by atoms with Crippen molar-refractivity contribution in [3.8, 4) is 5.75 Å². The third kappa shape index (κ3) is 1.81. The van der Waals surface area contributed by atoms with E-state index in [1.807, 2.05) is 6.07 Å². The van der Waals surface area contributed by atoms with Gasteiger partial charge in [-0.3, -0.25) is 10.2 Å². The van der Waals surface area contributed by atoms with Crippen LogP contribution in [0.1, 0.15) is 18.9 Å². The number of benzene rings is 1. The molecule has 5 heteroatoms. The monoisotopic (exact) mass is 277 g/mol. The van der Waals surface area contributed by atoms with Gasteiger partial charge in [-0.1, -0.05) is 6.92 Å². The Hall–Kier alpha value is -1.30. The second-order valence-electron chi connectivity index (χ2n) is 6.07. The minimum atomic E-state index is -0.970. The lowest BCUT2D eigenvalue weighted by atomic mass is 9.81. The van der Waals surface area contributed by atoms with Crippen molar-refractivity contribution in [3.63, 3.8) is 0 Å². The number of likely N-dealkylation sites (N-methyl/N-ethyl adjacent to an activating group) is 2. The molecule has 1 saturated heterocycles. The summed E-state index contributed by atoms with van der Waals surface area (Å²) in [5.74, 6) is 0.704. The van der Waals surface area contributed by atoms with Crippen LogP contribution in [0.2, 0.25) is 0 Å². The van der Waals surface area contributed by atoms with E-state index in [4.69, 9.17) is 4.74 Å². The molecule has 2 N–H and O–H groups in total. The van der Waals surface area contributed by atoms with Crippen LogP contribution in [-0.2, 0) is 5.41 Å². The molecule has 1 aromatic carbocycles. The lowest BCUT2D eigenvalue weighted by Gasteiger charge is -2.32. The number of hydrogen-bond donors (Lipinski definition) is 2. The summed E-state index contributed by atoms with van der Waals surface area (Å²) in [6.45, 7) is 3.43. The van der Waals surface area contributed by atoms with Crippen molar-refractivity contribution in [3.05, 3.63) is 23.8 Å². The highest BCUT2D eigenvalue weighted by atomic mass is 16.6. The Kier molecular flexibility index (Phi) is 3.16. The summed E-state index contributed by atoms with van der Waals surface area (Å²) < 4.78 is 5.46. The summed E-state index contributed by atoms with van der Waals surface area (Å²) in [6.07, 6.45) is 0.577. The zero-order valence-corrected chi connectivity index (χ0v) is 12.6. The molecule has 1 unspecified atom stereocenters. The zero-order chi connectivity index (χ0) is 14.5. The number of rotatable bonds is 3. The van der Waals surface area contributed by atoms with Crippen LogP contribution in [-0.4, -0.2) is 50.3 Å². The number of fused-ring (bicyclic) bond motifs is 3. The largest absolute Gasteiger partial charge is 0.451 e. The lowest BCUT2D eigenvalue weighted by molar-refractivity contribution is -0.0380. The average molecular weight is 277 g/mol. The predicted octanol–water partition coefficient (Wildman–Crippen LogP) is 0.930. The van der Waals surface area contributed by atoms with Gasteiger partial charge in [0, 0.05) is 24.7 Å². The van der Waals surface area contributed by atoms with Gasteiger partial charge in [-0.2, -0.15) is 0 Å². The average Bonchev–Trinajstić information content (AvgIpc) is 2.85. The Labute approximate surface area is 120 Å². The molecule has 5 nitrogen and oxygen atoms in total. The number of ether oxygens (including phenoxy) is 1. The summed E-state index contributed by atoms with van der Waals surface area (Å²) in [5.41, 5.74) is 2.70. The number of aliphatic hydroxyl groups excluding tert-OH is 1. The Bertz CT molecular complexity index is 522. The van der Waals surface area contributed by atoms with Gasteiger partial charge < -0.3 is 14.7 Å². The van der Waals surface area contributed by atoms with Crippen LogP contribution in [0.5, 0.6) is 5.75 Å². The molecule has 0 amide bonds. The molecule has 0 bridgehead atoms. The second kappa shape index (κ2) is 4.62. The maximum absolute atomic E-state index is 9.55. The fraction of sp³-hybridized carbons (Fsp3) is 0.600. The fourth-order valence-corrected chi connectivity index (χ4v) is 3.82. The SMILES string of the molecule is CNC(O)Oc1ccc2c(c1)[C@]1(C)CCN(C)[C@@H]1N2C. The van der Waals surface area contributed by atoms with E-state index in [1.165, 1.54) is 11.3 Å². The Morgan fingerprint density at radius 3 is 2.90 bits per heavy atom. The molecule has 0 spiro atoms. The lowest BCUT2D eigenvalue weighted by Crippen LogP contribution is -2.45. The first-order valence-corrected chi connectivity index (χ1v) is 7.07. The van der Waals surface area contributed by atoms with Gasteiger partial charge in [-0.05, 0) is 44.3 Å². The number of nitrogens with one attached hydrogen (secondary N) is 1. The van der Waals surface area contributed by atoms with Crippen molar-refractivity contribution in [2.24, 2.45) is 0 Å². The molecule has 3 atom stereocenters. The number of nitrogens with zero attached hydrogens (tertiary/aromatic N) is 2. The van der Waals surface area contributed by atoms with E-state index in [-0.39, 0.29) is 5.41 Å². The highest BCUT2D eigenvalue weighted by molar-refractivity contribution is 5.66. The molecule has 2 aliphatic heterocycles. The third-order valence-corrected chi connectivity index (χ3v) is 4.80. The van der Waals surface area contributed by atoms with Crippen molar-refractivity contribution in [2.45, 2.75) is 31.3 Å². The summed E-state index contributed by atoms with van der Waals surface area (Å²) in [7, 11) is 6.00. The molecule has 0 aromatic heterocycles. The standard InChI is InChI=1S/C15H23N3O2/c1-15-7-8-17(3)13(15)18(4)12-6-5-10(9-11(12)15)20-14(19)16-2/h5-6,9,13-14,16,19H,7-8H2,1-4H3/t13-,14?,15+/m1/s1. The summed E-state index contributed by atoms with van der Waals surface area (Å²) in [5, 5.41) is 12.2. The van der Waals surface area contributed by atoms with Crippen molar-refractivity contribution >= 4 is 5.69 Å². The Morgan fingerprint density at radius 2 is 2.20 bits per heavy atom. The maximum atomic E-state index is 9.55. The molecule has 0 saturated carbocycles. The zero-order valence-electron chi connectivity index (χ0n) is 12.6. The summed E-state index contributed by atoms with van der Waals surface area (Å²) in [6, 6.07) is 6.08. The maximum Gasteiger partial charge on any atom is 0.256 e. The number of aliphatic hydroxyl groups is 1. The van der Waals surface area contributed by atoms with Crippen LogP contribution >= 0.6 is 0 Å². The van der Waals surface area contributed by atoms with E-state index in [0.29, 0.717) is 11.9 Å². The van der Waals surface area contributed by atoms with Crippen LogP contribution in [0.15, 0.2) is 18.2 Å². The van der Waals surface area contributed by atoms with Crippen LogP contribution in [0, 0.1) is 0 Å². The molecule has 2 aliphatic rings. The first-order valence-electron chi connectivity index (χ1n) is 7.07. The van der Waals surface area contributed by atoms with Gasteiger partial charge in [-0.15, -0.1) is 0 Å². The first kappa shape index (κ1) is 13.7. The molecule has 0 radical (unpaired) electrons. The molecule has 0 aliphatic carbocycles. The minimum Gasteiger partial charge on any atom is -0.451 e. The topological polar surface area (TPSA) is 48.0 Å². The highest BCUT2D eigenvalue weighted by Gasteiger charge is 2.52. The second-order valence-corrected chi connectivity index (χ2v) is 6.07. The summed E-state index contributed by atoms with van der Waals surface area (Å²) in [4.78, 5) is 4.75. The minimum absolute atomic E-state index is 0.128. The molecule has 1 fully saturated rings. The van der Waals surface area contributed by atoms with Crippen LogP contribution in [0.3, 0.4) is 0 Å². The predicted molar refractivity (Wildman–Crippen MR) is 78.9 cm³/mol. The molecular weight excluding hydrogens is 254 g/mol. The van der Waals surface area contributed by atoms with Crippen molar-refractivity contribution in [1.82, 2.24) is 10.2 Å². The van der Waals surface area contributed by atoms with Gasteiger partial charge in [0.2, 0.25) is 0 Å². The van der Waals surface area contributed by atoms with Crippen molar-refractivity contribution in [1.29, 1.82) is 0 Å². The molecule has 20 heavy (non-hydrogen) atoms. The highest BCUT2D eigenvalue weighted by Crippen LogP contribution is 2.51. The fourth-order valence-electron chi connectivity index (χ4n) is 3.82. The molecule has 2 heterocycles. The molecule has 110 valence electrons. The quantitative estimate of drug-likeness (QED) is 0.805. The van der Waals surface area contributed by atoms with Gasteiger partial charge in [0.1, 0.15) is 5.75 Å². The number of anilines is 1. The molecule has 3 rings (SSSR count). The third-order valence-electron chi connectivity index (χ3n) is 4.80. The van der Waals surface area contributed by atoms with E-state index in [0.717, 1.165) is 13.0 Å². The van der Waals surface area contributed by atoms with Gasteiger partial charge in [-0.25, -0.2) is 0 Å². The number of likely N-dealkylation sites (tertiary alicyclic amines) is 1. The van der Waals surface area contributed by atoms with Crippen molar-refractivity contribution < 1.29 is 9.84 Å². The molecule has 1 aromatic rings. The molecular formula is C15H23N3O2. The first-order chi connectivity index (χ1) is 9.47. The normalized spacial score (nSPS) is 30.2. The van der Waals surface area contributed by atoms with E-state index >= 15 is 0 Å². The van der Waals surface area contributed by atoms with Crippen LogP contribution in [0.4, 0.5) is 5.69 Å². The van der Waals surface area contributed by atoms with Gasteiger partial charge in [0.05, 0.1) is 6.17 Å². The van der Waals surface area contributed by atoms with Gasteiger partial charge >= 0.3 is 0 Å². The Morgan fingerprint density at radius 1 is 1.45 bits per heavy atom. The van der Waals surface area contributed by atoms with Crippen LogP contribution < -0.4 is 15.0 Å². The van der Waals surface area contributed by atoms with E-state index in [1.54, 1.807) is 7.05 Å². The number of hydrogen-bond acceptors (Lipinski definition) is 5.